The van der Waals surface area contributed by atoms with E-state index in [1.807, 2.05) is 13.8 Å². The van der Waals surface area contributed by atoms with Crippen LogP contribution in [0.5, 0.6) is 5.88 Å². The van der Waals surface area contributed by atoms with E-state index in [9.17, 15) is 24.6 Å². The molecule has 2 amide bonds. The summed E-state index contributed by atoms with van der Waals surface area (Å²) in [5.41, 5.74) is -0.985. The lowest BCUT2D eigenvalue weighted by molar-refractivity contribution is -0.129. The summed E-state index contributed by atoms with van der Waals surface area (Å²) in [4.78, 5) is 40.0. The third-order valence-corrected chi connectivity index (χ3v) is 6.16. The molecule has 2 aromatic heterocycles. The normalized spacial score (nSPS) is 18.4. The maximum atomic E-state index is 13.0. The molecule has 10 heteroatoms. The van der Waals surface area contributed by atoms with Gasteiger partial charge in [-0.1, -0.05) is 13.8 Å². The molecule has 0 bridgehead atoms. The Balaban J connectivity index is 1.69. The zero-order valence-corrected chi connectivity index (χ0v) is 19.2. The van der Waals surface area contributed by atoms with E-state index in [4.69, 9.17) is 0 Å². The molecule has 2 aliphatic rings. The summed E-state index contributed by atoms with van der Waals surface area (Å²) in [6, 6.07) is 0.0335. The number of amides is 2. The zero-order valence-electron chi connectivity index (χ0n) is 19.2. The lowest BCUT2D eigenvalue weighted by atomic mass is 9.94. The number of aromatic nitrogens is 3. The van der Waals surface area contributed by atoms with Crippen LogP contribution in [0.4, 0.5) is 0 Å². The number of nitrogens with one attached hydrogen (secondary N) is 1. The van der Waals surface area contributed by atoms with Gasteiger partial charge in [0.05, 0.1) is 11.8 Å². The number of nitrogens with zero attached hydrogens (tertiary/aromatic N) is 4. The molecule has 0 atom stereocenters. The van der Waals surface area contributed by atoms with Gasteiger partial charge < -0.3 is 20.4 Å². The van der Waals surface area contributed by atoms with Gasteiger partial charge in [-0.05, 0) is 44.6 Å². The molecule has 0 spiro atoms. The van der Waals surface area contributed by atoms with Crippen LogP contribution in [0.3, 0.4) is 0 Å². The van der Waals surface area contributed by atoms with Gasteiger partial charge in [-0.15, -0.1) is 0 Å². The van der Waals surface area contributed by atoms with Crippen LogP contribution in [0.25, 0.3) is 11.7 Å². The summed E-state index contributed by atoms with van der Waals surface area (Å²) in [5, 5.41) is 27.9. The lowest BCUT2D eigenvalue weighted by Crippen LogP contribution is -2.44. The van der Waals surface area contributed by atoms with Crippen molar-refractivity contribution in [1.29, 1.82) is 0 Å². The molecule has 1 aliphatic carbocycles. The lowest BCUT2D eigenvalue weighted by Gasteiger charge is -2.35. The highest BCUT2D eigenvalue weighted by molar-refractivity contribution is 5.97. The predicted octanol–water partition coefficient (Wildman–Crippen LogP) is 1.14. The topological polar surface area (TPSA) is 129 Å². The Bertz CT molecular complexity index is 1160. The van der Waals surface area contributed by atoms with E-state index in [1.54, 1.807) is 17.9 Å². The van der Waals surface area contributed by atoms with Gasteiger partial charge in [0.15, 0.2) is 5.56 Å². The molecule has 0 radical (unpaired) electrons. The Morgan fingerprint density at radius 3 is 2.58 bits per heavy atom. The minimum absolute atomic E-state index is 0.0335. The van der Waals surface area contributed by atoms with E-state index in [-0.39, 0.29) is 23.4 Å². The number of likely N-dealkylation sites (tertiary alicyclic amines) is 1. The molecule has 1 saturated heterocycles. The molecule has 0 aromatic carbocycles. The Morgan fingerprint density at radius 1 is 1.30 bits per heavy atom. The highest BCUT2D eigenvalue weighted by Gasteiger charge is 2.30. The van der Waals surface area contributed by atoms with Crippen LogP contribution >= 0.6 is 0 Å². The monoisotopic (exact) mass is 457 g/mol. The number of aromatic hydroxyl groups is 1. The Labute approximate surface area is 191 Å². The summed E-state index contributed by atoms with van der Waals surface area (Å²) in [6.45, 7) is 6.95. The maximum absolute atomic E-state index is 13.0. The molecule has 33 heavy (non-hydrogen) atoms. The average Bonchev–Trinajstić information content (AvgIpc) is 3.44. The molecule has 0 unspecified atom stereocenters. The fraction of sp³-hybridized carbons (Fsp3) is 0.565. The summed E-state index contributed by atoms with van der Waals surface area (Å²) >= 11 is 0. The van der Waals surface area contributed by atoms with Crippen LogP contribution in [0, 0.1) is 5.92 Å². The first-order valence-electron chi connectivity index (χ1n) is 11.4. The average molecular weight is 458 g/mol. The second-order valence-corrected chi connectivity index (χ2v) is 9.75. The fourth-order valence-corrected chi connectivity index (χ4v) is 4.03. The van der Waals surface area contributed by atoms with Crippen molar-refractivity contribution in [2.45, 2.75) is 64.6 Å². The van der Waals surface area contributed by atoms with Crippen LogP contribution in [0.1, 0.15) is 62.4 Å². The number of piperidine rings is 1. The zero-order chi connectivity index (χ0) is 23.9. The molecule has 2 aromatic rings. The van der Waals surface area contributed by atoms with Gasteiger partial charge in [0.2, 0.25) is 11.8 Å². The molecule has 178 valence electrons. The van der Waals surface area contributed by atoms with Crippen LogP contribution in [0.15, 0.2) is 17.1 Å². The highest BCUT2D eigenvalue weighted by Crippen LogP contribution is 2.25. The van der Waals surface area contributed by atoms with Gasteiger partial charge in [-0.25, -0.2) is 0 Å². The van der Waals surface area contributed by atoms with E-state index >= 15 is 0 Å². The smallest absolute Gasteiger partial charge is 0.291 e. The number of hydrogen-bond donors (Lipinski definition) is 3. The molecule has 10 nitrogen and oxygen atoms in total. The van der Waals surface area contributed by atoms with Crippen LogP contribution in [0.2, 0.25) is 0 Å². The van der Waals surface area contributed by atoms with Crippen molar-refractivity contribution in [3.8, 4) is 5.88 Å². The molecular weight excluding hydrogens is 426 g/mol. The van der Waals surface area contributed by atoms with E-state index in [0.717, 1.165) is 17.4 Å². The van der Waals surface area contributed by atoms with E-state index in [2.05, 4.69) is 10.4 Å². The van der Waals surface area contributed by atoms with Crippen molar-refractivity contribution in [3.63, 3.8) is 0 Å². The van der Waals surface area contributed by atoms with E-state index in [0.29, 0.717) is 43.7 Å². The summed E-state index contributed by atoms with van der Waals surface area (Å²) in [6.07, 6.45) is 7.15. The fourth-order valence-electron chi connectivity index (χ4n) is 4.03. The summed E-state index contributed by atoms with van der Waals surface area (Å²) in [5.74, 6) is -1.11. The molecule has 1 saturated carbocycles. The van der Waals surface area contributed by atoms with Crippen molar-refractivity contribution < 1.29 is 19.8 Å². The van der Waals surface area contributed by atoms with Crippen LogP contribution in [-0.4, -0.2) is 65.8 Å². The van der Waals surface area contributed by atoms with Crippen molar-refractivity contribution in [3.05, 3.63) is 33.8 Å². The largest absolute Gasteiger partial charge is 0.494 e. The van der Waals surface area contributed by atoms with Crippen molar-refractivity contribution in [1.82, 2.24) is 24.4 Å². The number of aliphatic hydroxyl groups is 1. The van der Waals surface area contributed by atoms with E-state index < -0.39 is 22.9 Å². The third-order valence-electron chi connectivity index (χ3n) is 6.16. The van der Waals surface area contributed by atoms with Gasteiger partial charge in [0.25, 0.3) is 11.5 Å². The second kappa shape index (κ2) is 8.66. The van der Waals surface area contributed by atoms with Gasteiger partial charge >= 0.3 is 0 Å². The highest BCUT2D eigenvalue weighted by atomic mass is 16.3. The van der Waals surface area contributed by atoms with Crippen molar-refractivity contribution >= 4 is 23.5 Å². The predicted molar refractivity (Wildman–Crippen MR) is 122 cm³/mol. The third kappa shape index (κ3) is 4.80. The first kappa shape index (κ1) is 23.0. The molecule has 3 heterocycles. The van der Waals surface area contributed by atoms with Crippen LogP contribution < -0.4 is 10.9 Å². The van der Waals surface area contributed by atoms with Crippen molar-refractivity contribution in [2.75, 3.05) is 13.1 Å². The molecular formula is C23H31N5O5. The molecule has 1 aliphatic heterocycles. The first-order valence-corrected chi connectivity index (χ1v) is 11.4. The minimum atomic E-state index is -0.753. The quantitative estimate of drug-likeness (QED) is 0.558. The summed E-state index contributed by atoms with van der Waals surface area (Å²) in [7, 11) is 0. The molecule has 4 rings (SSSR count). The number of carbonyl (C=O) groups is 2. The van der Waals surface area contributed by atoms with Gasteiger partial charge in [-0.2, -0.15) is 9.61 Å². The van der Waals surface area contributed by atoms with Gasteiger partial charge in [0, 0.05) is 37.3 Å². The van der Waals surface area contributed by atoms with E-state index in [1.165, 1.54) is 16.8 Å². The summed E-state index contributed by atoms with van der Waals surface area (Å²) < 4.78 is 2.61. The second-order valence-electron chi connectivity index (χ2n) is 9.75. The SMILES string of the molecule is CC(C)Cn1c(O)c(C(=O)NC2CC2)c(=O)n2ncc(/C=C/C(=O)N3CCC(C)(O)CC3)c12. The Kier molecular flexibility index (Phi) is 6.04. The standard InChI is InChI=1S/C23H31N5O5/c1-14(2)13-27-20-15(4-7-17(29)26-10-8-23(3,33)9-11-26)12-24-28(20)22(32)18(21(27)31)19(30)25-16-5-6-16/h4,7,12,14,16,31,33H,5-6,8-11,13H2,1-3H3,(H,25,30)/b7-4+. The number of rotatable bonds is 6. The van der Waals surface area contributed by atoms with Gasteiger partial charge in [-0.3, -0.25) is 19.0 Å². The number of fused-ring (bicyclic) bond motifs is 1. The first-order chi connectivity index (χ1) is 15.6. The van der Waals surface area contributed by atoms with Gasteiger partial charge in [0.1, 0.15) is 5.65 Å². The molecule has 3 N–H and O–H groups in total. The minimum Gasteiger partial charge on any atom is -0.494 e. The number of hydrogen-bond acceptors (Lipinski definition) is 6. The Hall–Kier alpha value is -3.14. The van der Waals surface area contributed by atoms with Crippen LogP contribution in [-0.2, 0) is 11.3 Å². The number of carbonyl (C=O) groups excluding carboxylic acids is 2. The molecule has 2 fully saturated rings. The van der Waals surface area contributed by atoms with Crippen molar-refractivity contribution in [2.24, 2.45) is 5.92 Å². The maximum Gasteiger partial charge on any atom is 0.291 e. The Morgan fingerprint density at radius 2 is 1.97 bits per heavy atom.